The molecule has 0 radical (unpaired) electrons. The van der Waals surface area contributed by atoms with Crippen LogP contribution in [0, 0.1) is 18.8 Å². The molecule has 1 aliphatic carbocycles. The number of rotatable bonds is 2. The van der Waals surface area contributed by atoms with Gasteiger partial charge in [-0.15, -0.1) is 0 Å². The van der Waals surface area contributed by atoms with Crippen molar-refractivity contribution in [2.75, 3.05) is 13.1 Å². The quantitative estimate of drug-likeness (QED) is 0.751. The fourth-order valence-corrected chi connectivity index (χ4v) is 2.58. The number of hydrogen-bond acceptors (Lipinski definition) is 3. The molecule has 84 valence electrons. The van der Waals surface area contributed by atoms with Gasteiger partial charge in [-0.25, -0.2) is 0 Å². The summed E-state index contributed by atoms with van der Waals surface area (Å²) >= 11 is 0. The summed E-state index contributed by atoms with van der Waals surface area (Å²) < 4.78 is 0. The van der Waals surface area contributed by atoms with Crippen molar-refractivity contribution in [1.82, 2.24) is 15.6 Å². The maximum absolute atomic E-state index is 12.0. The molecule has 2 unspecified atom stereocenters. The van der Waals surface area contributed by atoms with Crippen LogP contribution in [0.15, 0.2) is 18.3 Å². The summed E-state index contributed by atoms with van der Waals surface area (Å²) in [6.45, 7) is 3.99. The molecular formula is C12H15N3O. The van der Waals surface area contributed by atoms with Gasteiger partial charge in [0.1, 0.15) is 5.69 Å². The molecule has 0 aromatic carbocycles. The van der Waals surface area contributed by atoms with E-state index in [-0.39, 0.29) is 5.91 Å². The molecule has 1 amide bonds. The maximum atomic E-state index is 12.0. The first-order valence-corrected chi connectivity index (χ1v) is 5.70. The molecule has 0 bridgehead atoms. The summed E-state index contributed by atoms with van der Waals surface area (Å²) in [4.78, 5) is 16.1. The number of nitrogens with one attached hydrogen (secondary N) is 2. The Labute approximate surface area is 94.5 Å². The Balaban J connectivity index is 1.68. The predicted molar refractivity (Wildman–Crippen MR) is 60.1 cm³/mol. The van der Waals surface area contributed by atoms with E-state index >= 15 is 0 Å². The fraction of sp³-hybridized carbons (Fsp3) is 0.500. The molecule has 1 aromatic heterocycles. The molecule has 16 heavy (non-hydrogen) atoms. The number of carbonyl (C=O) groups excluding carboxylic acids is 1. The normalized spacial score (nSPS) is 30.9. The first-order valence-electron chi connectivity index (χ1n) is 5.70. The number of aryl methyl sites for hydroxylation is 1. The van der Waals surface area contributed by atoms with E-state index in [9.17, 15) is 4.79 Å². The SMILES string of the molecule is Cc1cccnc1C(=O)NC1C2CNCC21. The maximum Gasteiger partial charge on any atom is 0.270 e. The van der Waals surface area contributed by atoms with Crippen LogP contribution in [0.2, 0.25) is 0 Å². The molecule has 2 atom stereocenters. The van der Waals surface area contributed by atoms with Gasteiger partial charge >= 0.3 is 0 Å². The zero-order valence-corrected chi connectivity index (χ0v) is 9.23. The monoisotopic (exact) mass is 217 g/mol. The van der Waals surface area contributed by atoms with E-state index in [1.54, 1.807) is 6.20 Å². The zero-order chi connectivity index (χ0) is 11.1. The summed E-state index contributed by atoms with van der Waals surface area (Å²) in [6, 6.07) is 4.13. The largest absolute Gasteiger partial charge is 0.347 e. The highest BCUT2D eigenvalue weighted by molar-refractivity contribution is 5.94. The molecule has 1 saturated carbocycles. The summed E-state index contributed by atoms with van der Waals surface area (Å²) in [5.74, 6) is 1.26. The van der Waals surface area contributed by atoms with E-state index in [1.807, 2.05) is 19.1 Å². The topological polar surface area (TPSA) is 54.0 Å². The lowest BCUT2D eigenvalue weighted by Crippen LogP contribution is -2.33. The molecule has 1 aromatic rings. The number of amides is 1. The highest BCUT2D eigenvalue weighted by Crippen LogP contribution is 2.41. The molecule has 2 N–H and O–H groups in total. The standard InChI is InChI=1S/C12H15N3O/c1-7-3-2-4-14-10(7)12(16)15-11-8-5-13-6-9(8)11/h2-4,8-9,11,13H,5-6H2,1H3,(H,15,16). The number of hydrogen-bond donors (Lipinski definition) is 2. The molecule has 1 aliphatic heterocycles. The van der Waals surface area contributed by atoms with E-state index in [0.29, 0.717) is 23.6 Å². The van der Waals surface area contributed by atoms with Crippen LogP contribution in [0.1, 0.15) is 16.1 Å². The van der Waals surface area contributed by atoms with Gasteiger partial charge in [0.25, 0.3) is 5.91 Å². The van der Waals surface area contributed by atoms with Crippen LogP contribution in [-0.2, 0) is 0 Å². The lowest BCUT2D eigenvalue weighted by molar-refractivity contribution is 0.0941. The Morgan fingerprint density at radius 1 is 1.50 bits per heavy atom. The average molecular weight is 217 g/mol. The van der Waals surface area contributed by atoms with E-state index in [0.717, 1.165) is 18.7 Å². The van der Waals surface area contributed by atoms with Crippen molar-refractivity contribution in [2.24, 2.45) is 11.8 Å². The van der Waals surface area contributed by atoms with Crippen molar-refractivity contribution in [3.63, 3.8) is 0 Å². The minimum Gasteiger partial charge on any atom is -0.347 e. The molecule has 4 heteroatoms. The molecule has 3 rings (SSSR count). The van der Waals surface area contributed by atoms with E-state index in [1.165, 1.54) is 0 Å². The van der Waals surface area contributed by atoms with Crippen LogP contribution in [0.4, 0.5) is 0 Å². The minimum atomic E-state index is -0.0301. The number of nitrogens with zero attached hydrogens (tertiary/aromatic N) is 1. The Morgan fingerprint density at radius 3 is 2.94 bits per heavy atom. The van der Waals surface area contributed by atoms with Gasteiger partial charge in [-0.1, -0.05) is 6.07 Å². The van der Waals surface area contributed by atoms with Crippen molar-refractivity contribution >= 4 is 5.91 Å². The van der Waals surface area contributed by atoms with Crippen LogP contribution >= 0.6 is 0 Å². The van der Waals surface area contributed by atoms with Gasteiger partial charge in [0, 0.05) is 25.3 Å². The van der Waals surface area contributed by atoms with Gasteiger partial charge in [0.2, 0.25) is 0 Å². The van der Waals surface area contributed by atoms with Crippen molar-refractivity contribution in [3.05, 3.63) is 29.6 Å². The Bertz CT molecular complexity index is 422. The zero-order valence-electron chi connectivity index (χ0n) is 9.23. The predicted octanol–water partition coefficient (Wildman–Crippen LogP) is 0.338. The molecule has 2 heterocycles. The molecular weight excluding hydrogens is 202 g/mol. The smallest absolute Gasteiger partial charge is 0.270 e. The second-order valence-electron chi connectivity index (χ2n) is 4.65. The highest BCUT2D eigenvalue weighted by atomic mass is 16.2. The first kappa shape index (κ1) is 9.78. The van der Waals surface area contributed by atoms with Crippen molar-refractivity contribution in [2.45, 2.75) is 13.0 Å². The van der Waals surface area contributed by atoms with Gasteiger partial charge in [0.15, 0.2) is 0 Å². The van der Waals surface area contributed by atoms with Crippen molar-refractivity contribution in [3.8, 4) is 0 Å². The second-order valence-corrected chi connectivity index (χ2v) is 4.65. The first-order chi connectivity index (χ1) is 7.77. The average Bonchev–Trinajstić information content (AvgIpc) is 2.75. The van der Waals surface area contributed by atoms with E-state index in [4.69, 9.17) is 0 Å². The van der Waals surface area contributed by atoms with Gasteiger partial charge in [0.05, 0.1) is 0 Å². The lowest BCUT2D eigenvalue weighted by atomic mass is 10.2. The van der Waals surface area contributed by atoms with E-state index in [2.05, 4.69) is 15.6 Å². The lowest BCUT2D eigenvalue weighted by Gasteiger charge is -2.08. The fourth-order valence-electron chi connectivity index (χ4n) is 2.58. The second kappa shape index (κ2) is 3.56. The molecule has 2 aliphatic rings. The highest BCUT2D eigenvalue weighted by Gasteiger charge is 2.53. The van der Waals surface area contributed by atoms with Crippen LogP contribution in [0.3, 0.4) is 0 Å². The van der Waals surface area contributed by atoms with Gasteiger partial charge in [-0.3, -0.25) is 9.78 Å². The Morgan fingerprint density at radius 2 is 2.25 bits per heavy atom. The number of aromatic nitrogens is 1. The number of pyridine rings is 1. The van der Waals surface area contributed by atoms with Gasteiger partial charge in [-0.2, -0.15) is 0 Å². The van der Waals surface area contributed by atoms with Crippen LogP contribution < -0.4 is 10.6 Å². The van der Waals surface area contributed by atoms with Gasteiger partial charge < -0.3 is 10.6 Å². The van der Waals surface area contributed by atoms with Gasteiger partial charge in [-0.05, 0) is 30.4 Å². The summed E-state index contributed by atoms with van der Waals surface area (Å²) in [5, 5.41) is 6.38. The third kappa shape index (κ3) is 1.50. The van der Waals surface area contributed by atoms with Crippen LogP contribution in [0.25, 0.3) is 0 Å². The molecule has 0 spiro atoms. The third-order valence-corrected chi connectivity index (χ3v) is 3.61. The summed E-state index contributed by atoms with van der Waals surface area (Å²) in [5.41, 5.74) is 1.49. The van der Waals surface area contributed by atoms with Crippen LogP contribution in [0.5, 0.6) is 0 Å². The Hall–Kier alpha value is -1.42. The van der Waals surface area contributed by atoms with Crippen molar-refractivity contribution < 1.29 is 4.79 Å². The molecule has 1 saturated heterocycles. The third-order valence-electron chi connectivity index (χ3n) is 3.61. The summed E-state index contributed by atoms with van der Waals surface area (Å²) in [6.07, 6.45) is 1.66. The van der Waals surface area contributed by atoms with E-state index < -0.39 is 0 Å². The number of piperidine rings is 1. The molecule has 2 fully saturated rings. The Kier molecular flexibility index (Phi) is 2.17. The minimum absolute atomic E-state index is 0.0301. The number of fused-ring (bicyclic) bond motifs is 1. The van der Waals surface area contributed by atoms with Crippen molar-refractivity contribution in [1.29, 1.82) is 0 Å². The van der Waals surface area contributed by atoms with Crippen LogP contribution in [-0.4, -0.2) is 30.0 Å². The number of carbonyl (C=O) groups is 1. The molecule has 4 nitrogen and oxygen atoms in total. The summed E-state index contributed by atoms with van der Waals surface area (Å²) in [7, 11) is 0.